The standard InChI is InChI=1S/C15H17N3O2/c1-11(19)18-14-7-5-13(6-8-14)17-10-12-4-3-9-16-15(12)20-2/h3-9,17H,10H2,1-2H3,(H,18,19). The molecule has 1 heterocycles. The molecule has 2 aromatic rings. The molecule has 1 aromatic heterocycles. The highest BCUT2D eigenvalue weighted by molar-refractivity contribution is 5.88. The van der Waals surface area contributed by atoms with Crippen LogP contribution in [0.1, 0.15) is 12.5 Å². The van der Waals surface area contributed by atoms with Gasteiger partial charge in [0.2, 0.25) is 11.8 Å². The van der Waals surface area contributed by atoms with Gasteiger partial charge in [0.05, 0.1) is 7.11 Å². The van der Waals surface area contributed by atoms with Crippen LogP contribution in [-0.4, -0.2) is 18.0 Å². The Hall–Kier alpha value is -2.56. The molecule has 0 radical (unpaired) electrons. The summed E-state index contributed by atoms with van der Waals surface area (Å²) in [6, 6.07) is 11.4. The zero-order valence-electron chi connectivity index (χ0n) is 11.5. The van der Waals surface area contributed by atoms with Crippen molar-refractivity contribution in [3.8, 4) is 5.88 Å². The zero-order valence-corrected chi connectivity index (χ0v) is 11.5. The van der Waals surface area contributed by atoms with Crippen molar-refractivity contribution in [1.82, 2.24) is 4.98 Å². The third-order valence-electron chi connectivity index (χ3n) is 2.73. The summed E-state index contributed by atoms with van der Waals surface area (Å²) in [4.78, 5) is 15.1. The summed E-state index contributed by atoms with van der Waals surface area (Å²) in [6.07, 6.45) is 1.70. The topological polar surface area (TPSA) is 63.2 Å². The first-order valence-electron chi connectivity index (χ1n) is 6.28. The second-order valence-corrected chi connectivity index (χ2v) is 4.28. The first kappa shape index (κ1) is 13.9. The average Bonchev–Trinajstić information content (AvgIpc) is 2.46. The van der Waals surface area contributed by atoms with Crippen LogP contribution >= 0.6 is 0 Å². The van der Waals surface area contributed by atoms with Gasteiger partial charge < -0.3 is 15.4 Å². The quantitative estimate of drug-likeness (QED) is 0.877. The molecule has 0 aliphatic rings. The average molecular weight is 271 g/mol. The molecule has 0 fully saturated rings. The maximum atomic E-state index is 10.9. The molecule has 2 rings (SSSR count). The largest absolute Gasteiger partial charge is 0.481 e. The molecule has 5 nitrogen and oxygen atoms in total. The van der Waals surface area contributed by atoms with E-state index < -0.39 is 0 Å². The monoisotopic (exact) mass is 271 g/mol. The van der Waals surface area contributed by atoms with Gasteiger partial charge in [0.15, 0.2) is 0 Å². The van der Waals surface area contributed by atoms with E-state index in [1.807, 2.05) is 36.4 Å². The Morgan fingerprint density at radius 1 is 1.20 bits per heavy atom. The predicted molar refractivity (Wildman–Crippen MR) is 78.9 cm³/mol. The number of methoxy groups -OCH3 is 1. The van der Waals surface area contributed by atoms with Gasteiger partial charge in [-0.05, 0) is 30.3 Å². The fourth-order valence-corrected chi connectivity index (χ4v) is 1.81. The van der Waals surface area contributed by atoms with E-state index in [0.29, 0.717) is 12.4 Å². The maximum absolute atomic E-state index is 10.9. The fourth-order valence-electron chi connectivity index (χ4n) is 1.81. The van der Waals surface area contributed by atoms with Gasteiger partial charge in [0, 0.05) is 36.6 Å². The van der Waals surface area contributed by atoms with Crippen LogP contribution in [0.3, 0.4) is 0 Å². The van der Waals surface area contributed by atoms with Crippen LogP contribution in [0.5, 0.6) is 5.88 Å². The number of pyridine rings is 1. The van der Waals surface area contributed by atoms with Gasteiger partial charge in [-0.15, -0.1) is 0 Å². The number of hydrogen-bond acceptors (Lipinski definition) is 4. The fraction of sp³-hybridized carbons (Fsp3) is 0.200. The molecule has 0 aliphatic heterocycles. The molecular weight excluding hydrogens is 254 g/mol. The normalized spacial score (nSPS) is 9.90. The highest BCUT2D eigenvalue weighted by Crippen LogP contribution is 2.17. The molecule has 1 aromatic carbocycles. The van der Waals surface area contributed by atoms with Crippen LogP contribution in [0.2, 0.25) is 0 Å². The van der Waals surface area contributed by atoms with Crippen LogP contribution in [-0.2, 0) is 11.3 Å². The number of hydrogen-bond donors (Lipinski definition) is 2. The number of ether oxygens (including phenoxy) is 1. The number of nitrogens with one attached hydrogen (secondary N) is 2. The van der Waals surface area contributed by atoms with E-state index in [1.54, 1.807) is 13.3 Å². The number of aromatic nitrogens is 1. The van der Waals surface area contributed by atoms with Crippen molar-refractivity contribution in [2.24, 2.45) is 0 Å². The molecule has 0 atom stereocenters. The lowest BCUT2D eigenvalue weighted by molar-refractivity contribution is -0.114. The second-order valence-electron chi connectivity index (χ2n) is 4.28. The Balaban J connectivity index is 1.98. The number of amides is 1. The molecule has 1 amide bonds. The van der Waals surface area contributed by atoms with Gasteiger partial charge >= 0.3 is 0 Å². The highest BCUT2D eigenvalue weighted by Gasteiger charge is 2.03. The van der Waals surface area contributed by atoms with E-state index in [4.69, 9.17) is 4.74 Å². The van der Waals surface area contributed by atoms with Crippen LogP contribution in [0.25, 0.3) is 0 Å². The van der Waals surface area contributed by atoms with Crippen LogP contribution in [0.4, 0.5) is 11.4 Å². The predicted octanol–water partition coefficient (Wildman–Crippen LogP) is 2.66. The first-order chi connectivity index (χ1) is 9.69. The molecule has 104 valence electrons. The Kier molecular flexibility index (Phi) is 4.55. The molecule has 0 unspecified atom stereocenters. The summed E-state index contributed by atoms with van der Waals surface area (Å²) in [7, 11) is 1.61. The zero-order chi connectivity index (χ0) is 14.4. The van der Waals surface area contributed by atoms with Crippen molar-refractivity contribution in [3.05, 3.63) is 48.2 Å². The van der Waals surface area contributed by atoms with Crippen molar-refractivity contribution in [3.63, 3.8) is 0 Å². The van der Waals surface area contributed by atoms with E-state index in [2.05, 4.69) is 15.6 Å². The Morgan fingerprint density at radius 3 is 2.55 bits per heavy atom. The maximum Gasteiger partial charge on any atom is 0.221 e. The van der Waals surface area contributed by atoms with Gasteiger partial charge in [-0.3, -0.25) is 4.79 Å². The van der Waals surface area contributed by atoms with E-state index in [0.717, 1.165) is 16.9 Å². The van der Waals surface area contributed by atoms with Crippen LogP contribution < -0.4 is 15.4 Å². The highest BCUT2D eigenvalue weighted by atomic mass is 16.5. The van der Waals surface area contributed by atoms with E-state index in [9.17, 15) is 4.79 Å². The number of anilines is 2. The van der Waals surface area contributed by atoms with Crippen molar-refractivity contribution in [2.75, 3.05) is 17.7 Å². The first-order valence-corrected chi connectivity index (χ1v) is 6.28. The summed E-state index contributed by atoms with van der Waals surface area (Å²) in [5.74, 6) is 0.542. The van der Waals surface area contributed by atoms with Crippen LogP contribution in [0, 0.1) is 0 Å². The summed E-state index contributed by atoms with van der Waals surface area (Å²) >= 11 is 0. The molecule has 2 N–H and O–H groups in total. The molecule has 20 heavy (non-hydrogen) atoms. The van der Waals surface area contributed by atoms with Gasteiger partial charge in [-0.2, -0.15) is 0 Å². The molecular formula is C15H17N3O2. The Bertz CT molecular complexity index is 582. The molecule has 5 heteroatoms. The molecule has 0 spiro atoms. The Morgan fingerprint density at radius 2 is 1.90 bits per heavy atom. The summed E-state index contributed by atoms with van der Waals surface area (Å²) in [6.45, 7) is 2.11. The molecule has 0 bridgehead atoms. The van der Waals surface area contributed by atoms with Gasteiger partial charge in [0.25, 0.3) is 0 Å². The smallest absolute Gasteiger partial charge is 0.221 e. The van der Waals surface area contributed by atoms with Crippen molar-refractivity contribution < 1.29 is 9.53 Å². The number of benzene rings is 1. The summed E-state index contributed by atoms with van der Waals surface area (Å²) < 4.78 is 5.20. The number of rotatable bonds is 5. The lowest BCUT2D eigenvalue weighted by atomic mass is 10.2. The van der Waals surface area contributed by atoms with E-state index in [-0.39, 0.29) is 5.91 Å². The van der Waals surface area contributed by atoms with E-state index >= 15 is 0 Å². The number of carbonyl (C=O) groups is 1. The van der Waals surface area contributed by atoms with Crippen molar-refractivity contribution in [2.45, 2.75) is 13.5 Å². The lowest BCUT2D eigenvalue weighted by Gasteiger charge is -2.10. The van der Waals surface area contributed by atoms with Gasteiger partial charge in [0.1, 0.15) is 0 Å². The SMILES string of the molecule is COc1ncccc1CNc1ccc(NC(C)=O)cc1. The summed E-state index contributed by atoms with van der Waals surface area (Å²) in [5, 5.41) is 6.01. The van der Waals surface area contributed by atoms with Gasteiger partial charge in [-0.1, -0.05) is 6.07 Å². The molecule has 0 aliphatic carbocycles. The molecule has 0 saturated heterocycles. The van der Waals surface area contributed by atoms with E-state index in [1.165, 1.54) is 6.92 Å². The number of nitrogens with zero attached hydrogens (tertiary/aromatic N) is 1. The third-order valence-corrected chi connectivity index (χ3v) is 2.73. The minimum Gasteiger partial charge on any atom is -0.481 e. The summed E-state index contributed by atoms with van der Waals surface area (Å²) in [5.41, 5.74) is 2.73. The lowest BCUT2D eigenvalue weighted by Crippen LogP contribution is -2.06. The third kappa shape index (κ3) is 3.71. The van der Waals surface area contributed by atoms with Gasteiger partial charge in [-0.25, -0.2) is 4.98 Å². The second kappa shape index (κ2) is 6.56. The van der Waals surface area contributed by atoms with Crippen LogP contribution in [0.15, 0.2) is 42.6 Å². The van der Waals surface area contributed by atoms with Crippen molar-refractivity contribution >= 4 is 17.3 Å². The van der Waals surface area contributed by atoms with Crippen molar-refractivity contribution in [1.29, 1.82) is 0 Å². The molecule has 0 saturated carbocycles. The number of carbonyl (C=O) groups excluding carboxylic acids is 1. The minimum absolute atomic E-state index is 0.0780. The Labute approximate surface area is 118 Å². The minimum atomic E-state index is -0.0780.